The van der Waals surface area contributed by atoms with Gasteiger partial charge in [-0.25, -0.2) is 9.18 Å². The molecule has 0 aliphatic carbocycles. The molecule has 0 spiro atoms. The van der Waals surface area contributed by atoms with E-state index in [0.717, 1.165) is 0 Å². The van der Waals surface area contributed by atoms with Crippen molar-refractivity contribution < 1.29 is 23.4 Å². The molecule has 0 amide bonds. The smallest absolute Gasteiger partial charge is 0.339 e. The summed E-state index contributed by atoms with van der Waals surface area (Å²) in [7, 11) is 0. The van der Waals surface area contributed by atoms with Gasteiger partial charge in [-0.1, -0.05) is 35.7 Å². The van der Waals surface area contributed by atoms with Gasteiger partial charge in [0, 0.05) is 5.56 Å². The first-order valence-electron chi connectivity index (χ1n) is 7.50. The molecule has 0 atom stereocenters. The summed E-state index contributed by atoms with van der Waals surface area (Å²) in [4.78, 5) is 11.9. The second-order valence-electron chi connectivity index (χ2n) is 4.88. The Labute approximate surface area is 150 Å². The molecule has 0 unspecified atom stereocenters. The average Bonchev–Trinajstić information content (AvgIpc) is 2.60. The summed E-state index contributed by atoms with van der Waals surface area (Å²) in [5.41, 5.74) is 0.556. The third-order valence-corrected chi connectivity index (χ3v) is 3.44. The quantitative estimate of drug-likeness (QED) is 0.545. The summed E-state index contributed by atoms with van der Waals surface area (Å²) in [6.45, 7) is 1.92. The highest BCUT2D eigenvalue weighted by molar-refractivity contribution is 6.32. The predicted molar refractivity (Wildman–Crippen MR) is 92.5 cm³/mol. The van der Waals surface area contributed by atoms with Crippen molar-refractivity contribution in [3.63, 3.8) is 0 Å². The minimum absolute atomic E-state index is 0.0344. The number of hydrogen-bond acceptors (Lipinski definition) is 4. The molecule has 2 aromatic rings. The lowest BCUT2D eigenvalue weighted by Crippen LogP contribution is -2.07. The molecule has 0 N–H and O–H groups in total. The molecule has 130 valence electrons. The fourth-order valence-corrected chi connectivity index (χ4v) is 2.31. The summed E-state index contributed by atoms with van der Waals surface area (Å²) >= 11 is 6.21. The molecule has 0 saturated heterocycles. The van der Waals surface area contributed by atoms with Gasteiger partial charge in [0.2, 0.25) is 0 Å². The zero-order valence-corrected chi connectivity index (χ0v) is 14.3. The minimum Gasteiger partial charge on any atom is -0.490 e. The van der Waals surface area contributed by atoms with E-state index in [4.69, 9.17) is 32.2 Å². The monoisotopic (exact) mass is 362 g/mol. The Morgan fingerprint density at radius 1 is 1.28 bits per heavy atom. The van der Waals surface area contributed by atoms with Crippen LogP contribution in [0.5, 0.6) is 11.5 Å². The van der Waals surface area contributed by atoms with E-state index in [-0.39, 0.29) is 41.1 Å². The van der Waals surface area contributed by atoms with Gasteiger partial charge in [0.15, 0.2) is 18.1 Å². The number of terminal acetylenes is 1. The molecular weight excluding hydrogens is 347 g/mol. The Morgan fingerprint density at radius 2 is 2.04 bits per heavy atom. The Morgan fingerprint density at radius 3 is 2.72 bits per heavy atom. The Bertz CT molecular complexity index is 798. The zero-order chi connectivity index (χ0) is 18.2. The molecule has 0 radical (unpaired) electrons. The highest BCUT2D eigenvalue weighted by Gasteiger charge is 2.17. The van der Waals surface area contributed by atoms with Crippen LogP contribution in [0.2, 0.25) is 5.02 Å². The largest absolute Gasteiger partial charge is 0.490 e. The maximum absolute atomic E-state index is 13.7. The second kappa shape index (κ2) is 8.95. The molecule has 0 bridgehead atoms. The highest BCUT2D eigenvalue weighted by Crippen LogP contribution is 2.37. The van der Waals surface area contributed by atoms with Gasteiger partial charge in [0.25, 0.3) is 0 Å². The van der Waals surface area contributed by atoms with Gasteiger partial charge in [-0.2, -0.15) is 0 Å². The maximum Gasteiger partial charge on any atom is 0.339 e. The number of rotatable bonds is 7. The molecule has 6 heteroatoms. The third kappa shape index (κ3) is 4.88. The first-order chi connectivity index (χ1) is 12.1. The highest BCUT2D eigenvalue weighted by atomic mass is 35.5. The molecular formula is C19H16ClFO4. The van der Waals surface area contributed by atoms with Gasteiger partial charge in [-0.05, 0) is 25.1 Å². The number of benzene rings is 2. The Kier molecular flexibility index (Phi) is 6.67. The minimum atomic E-state index is -0.624. The van der Waals surface area contributed by atoms with Crippen molar-refractivity contribution in [1.29, 1.82) is 0 Å². The summed E-state index contributed by atoms with van der Waals surface area (Å²) in [5.74, 6) is 1.69. The van der Waals surface area contributed by atoms with E-state index in [1.165, 1.54) is 18.2 Å². The van der Waals surface area contributed by atoms with Crippen LogP contribution in [-0.2, 0) is 11.3 Å². The van der Waals surface area contributed by atoms with E-state index in [9.17, 15) is 9.18 Å². The summed E-state index contributed by atoms with van der Waals surface area (Å²) in [6, 6.07) is 9.08. The van der Waals surface area contributed by atoms with Crippen LogP contribution >= 0.6 is 11.6 Å². The molecule has 25 heavy (non-hydrogen) atoms. The van der Waals surface area contributed by atoms with Crippen LogP contribution in [0.4, 0.5) is 4.39 Å². The van der Waals surface area contributed by atoms with E-state index < -0.39 is 5.97 Å². The molecule has 0 aromatic heterocycles. The average molecular weight is 363 g/mol. The number of carbonyl (C=O) groups excluding carboxylic acids is 1. The lowest BCUT2D eigenvalue weighted by atomic mass is 10.2. The third-order valence-electron chi connectivity index (χ3n) is 3.16. The van der Waals surface area contributed by atoms with Gasteiger partial charge in [0.05, 0.1) is 17.2 Å². The van der Waals surface area contributed by atoms with E-state index >= 15 is 0 Å². The molecule has 0 aliphatic rings. The second-order valence-corrected chi connectivity index (χ2v) is 5.29. The van der Waals surface area contributed by atoms with E-state index in [0.29, 0.717) is 12.2 Å². The molecule has 2 aromatic carbocycles. The van der Waals surface area contributed by atoms with E-state index in [2.05, 4.69) is 5.92 Å². The summed E-state index contributed by atoms with van der Waals surface area (Å²) in [6.07, 6.45) is 5.06. The van der Waals surface area contributed by atoms with Crippen molar-refractivity contribution in [2.45, 2.75) is 13.5 Å². The fraction of sp³-hybridized carbons (Fsp3) is 0.211. The van der Waals surface area contributed by atoms with E-state index in [1.54, 1.807) is 25.1 Å². The first-order valence-corrected chi connectivity index (χ1v) is 7.87. The molecule has 0 aliphatic heterocycles. The molecule has 0 saturated carbocycles. The van der Waals surface area contributed by atoms with E-state index in [1.807, 2.05) is 0 Å². The van der Waals surface area contributed by atoms with Gasteiger partial charge in [0.1, 0.15) is 12.4 Å². The van der Waals surface area contributed by atoms with Crippen LogP contribution in [0.3, 0.4) is 0 Å². The van der Waals surface area contributed by atoms with Crippen LogP contribution in [0.25, 0.3) is 0 Å². The van der Waals surface area contributed by atoms with Gasteiger partial charge in [-0.3, -0.25) is 0 Å². The van der Waals surface area contributed by atoms with Crippen molar-refractivity contribution in [3.05, 3.63) is 58.4 Å². The van der Waals surface area contributed by atoms with Gasteiger partial charge in [-0.15, -0.1) is 6.42 Å². The predicted octanol–water partition coefficient (Wildman–Crippen LogP) is 4.25. The molecule has 0 fully saturated rings. The van der Waals surface area contributed by atoms with Crippen LogP contribution in [0.15, 0.2) is 36.4 Å². The molecule has 4 nitrogen and oxygen atoms in total. The zero-order valence-electron chi connectivity index (χ0n) is 13.6. The fourth-order valence-electron chi connectivity index (χ4n) is 2.04. The van der Waals surface area contributed by atoms with Crippen molar-refractivity contribution in [1.82, 2.24) is 0 Å². The summed E-state index contributed by atoms with van der Waals surface area (Å²) < 4.78 is 29.7. The number of ether oxygens (including phenoxy) is 3. The normalized spacial score (nSPS) is 10.0. The Hall–Kier alpha value is -2.71. The lowest BCUT2D eigenvalue weighted by molar-refractivity contribution is 0.0556. The number of esters is 1. The number of halogens is 2. The SMILES string of the molecule is C#CCOC(=O)c1cc(Cl)c(OCc2ccccc2F)c(OCC)c1. The topological polar surface area (TPSA) is 44.8 Å². The van der Waals surface area contributed by atoms with Crippen molar-refractivity contribution >= 4 is 17.6 Å². The lowest BCUT2D eigenvalue weighted by Gasteiger charge is -2.15. The van der Waals surface area contributed by atoms with Gasteiger partial charge < -0.3 is 14.2 Å². The molecule has 0 heterocycles. The Balaban J connectivity index is 2.26. The van der Waals surface area contributed by atoms with Gasteiger partial charge >= 0.3 is 5.97 Å². The molecule has 2 rings (SSSR count). The number of carbonyl (C=O) groups is 1. The van der Waals surface area contributed by atoms with Crippen molar-refractivity contribution in [2.75, 3.05) is 13.2 Å². The van der Waals surface area contributed by atoms with Crippen LogP contribution in [0.1, 0.15) is 22.8 Å². The van der Waals surface area contributed by atoms with Crippen LogP contribution in [-0.4, -0.2) is 19.2 Å². The maximum atomic E-state index is 13.7. The van der Waals surface area contributed by atoms with Crippen LogP contribution in [0, 0.1) is 18.2 Å². The van der Waals surface area contributed by atoms with Crippen molar-refractivity contribution in [3.8, 4) is 23.8 Å². The number of hydrogen-bond donors (Lipinski definition) is 0. The first kappa shape index (κ1) is 18.6. The van der Waals surface area contributed by atoms with Crippen molar-refractivity contribution in [2.24, 2.45) is 0 Å². The van der Waals surface area contributed by atoms with Crippen LogP contribution < -0.4 is 9.47 Å². The summed E-state index contributed by atoms with van der Waals surface area (Å²) in [5, 5.41) is 0.148. The standard InChI is InChI=1S/C19H16ClFO4/c1-3-9-24-19(22)14-10-15(20)18(17(11-14)23-4-2)25-12-13-7-5-6-8-16(13)21/h1,5-8,10-11H,4,9,12H2,2H3.